The van der Waals surface area contributed by atoms with Gasteiger partial charge in [0.2, 0.25) is 0 Å². The maximum Gasteiger partial charge on any atom is 0.432 e. The van der Waals surface area contributed by atoms with Crippen molar-refractivity contribution in [2.24, 2.45) is 0 Å². The number of carbonyl (C=O) groups is 1. The average molecular weight is 341 g/mol. The number of carbonyl (C=O) groups excluding carboxylic acids is 1. The number of aromatic amines is 2. The largest absolute Gasteiger partial charge is 0.432 e. The van der Waals surface area contributed by atoms with E-state index in [1.807, 2.05) is 5.10 Å². The third kappa shape index (κ3) is 3.31. The lowest BCUT2D eigenvalue weighted by Crippen LogP contribution is -2.38. The maximum atomic E-state index is 12.5. The Balaban J connectivity index is 1.65. The molecule has 2 N–H and O–H groups in total. The molecule has 1 saturated heterocycles. The first kappa shape index (κ1) is 16.2. The molecule has 3 heterocycles. The van der Waals surface area contributed by atoms with E-state index in [0.29, 0.717) is 37.7 Å². The van der Waals surface area contributed by atoms with Crippen molar-refractivity contribution in [3.63, 3.8) is 0 Å². The normalized spacial score (nSPS) is 16.4. The van der Waals surface area contributed by atoms with E-state index >= 15 is 0 Å². The van der Waals surface area contributed by atoms with Crippen LogP contribution in [0.3, 0.4) is 0 Å². The van der Waals surface area contributed by atoms with Crippen molar-refractivity contribution in [2.45, 2.75) is 24.9 Å². The molecule has 10 heteroatoms. The molecule has 24 heavy (non-hydrogen) atoms. The van der Waals surface area contributed by atoms with Gasteiger partial charge in [-0.05, 0) is 12.8 Å². The summed E-state index contributed by atoms with van der Waals surface area (Å²) in [5, 5.41) is 5.29. The van der Waals surface area contributed by atoms with Crippen molar-refractivity contribution in [3.05, 3.63) is 45.9 Å². The Morgan fingerprint density at radius 2 is 1.96 bits per heavy atom. The lowest BCUT2D eigenvalue weighted by molar-refractivity contribution is -0.141. The van der Waals surface area contributed by atoms with Crippen molar-refractivity contribution in [1.29, 1.82) is 0 Å². The highest BCUT2D eigenvalue weighted by molar-refractivity contribution is 5.92. The molecular weight excluding hydrogens is 327 g/mol. The summed E-state index contributed by atoms with van der Waals surface area (Å²) in [5.74, 6) is -0.500. The minimum atomic E-state index is -4.56. The SMILES string of the molecule is O=C(c1cc(C(F)(F)F)[nH]n1)N1CCC(c2cc(=O)[nH]cn2)CC1. The van der Waals surface area contributed by atoms with Crippen LogP contribution in [-0.2, 0) is 6.18 Å². The minimum Gasteiger partial charge on any atom is -0.337 e. The molecule has 0 spiro atoms. The number of nitrogens with zero attached hydrogens (tertiary/aromatic N) is 3. The summed E-state index contributed by atoms with van der Waals surface area (Å²) in [7, 11) is 0. The first-order valence-electron chi connectivity index (χ1n) is 7.31. The van der Waals surface area contributed by atoms with Gasteiger partial charge >= 0.3 is 6.18 Å². The predicted molar refractivity (Wildman–Crippen MR) is 76.3 cm³/mol. The van der Waals surface area contributed by atoms with Gasteiger partial charge in [-0.25, -0.2) is 4.98 Å². The highest BCUT2D eigenvalue weighted by atomic mass is 19.4. The van der Waals surface area contributed by atoms with Crippen molar-refractivity contribution in [3.8, 4) is 0 Å². The number of aromatic nitrogens is 4. The number of halogens is 3. The molecule has 1 amide bonds. The average Bonchev–Trinajstić information content (AvgIpc) is 3.04. The Labute approximate surface area is 133 Å². The number of amides is 1. The van der Waals surface area contributed by atoms with Crippen LogP contribution in [0.5, 0.6) is 0 Å². The Morgan fingerprint density at radius 3 is 2.54 bits per heavy atom. The Hall–Kier alpha value is -2.65. The molecule has 0 saturated carbocycles. The van der Waals surface area contributed by atoms with Crippen LogP contribution in [0.2, 0.25) is 0 Å². The fraction of sp³-hybridized carbons (Fsp3) is 0.429. The van der Waals surface area contributed by atoms with Gasteiger partial charge in [0.1, 0.15) is 5.69 Å². The van der Waals surface area contributed by atoms with Crippen LogP contribution in [0.4, 0.5) is 13.2 Å². The third-order valence-electron chi connectivity index (χ3n) is 4.00. The summed E-state index contributed by atoms with van der Waals surface area (Å²) in [6.45, 7) is 0.735. The van der Waals surface area contributed by atoms with Crippen molar-refractivity contribution in [1.82, 2.24) is 25.1 Å². The summed E-state index contributed by atoms with van der Waals surface area (Å²) in [4.78, 5) is 31.6. The molecule has 3 rings (SSSR count). The van der Waals surface area contributed by atoms with Crippen LogP contribution in [-0.4, -0.2) is 44.1 Å². The second-order valence-electron chi connectivity index (χ2n) is 5.57. The molecule has 0 radical (unpaired) electrons. The van der Waals surface area contributed by atoms with E-state index in [2.05, 4.69) is 15.1 Å². The van der Waals surface area contributed by atoms with Crippen LogP contribution in [0, 0.1) is 0 Å². The molecule has 7 nitrogen and oxygen atoms in total. The van der Waals surface area contributed by atoms with Gasteiger partial charge < -0.3 is 9.88 Å². The lowest BCUT2D eigenvalue weighted by atomic mass is 9.93. The standard InChI is InChI=1S/C14H14F3N5O2/c15-14(16,17)11-5-10(20-21-11)13(24)22-3-1-8(2-4-22)9-6-12(23)19-7-18-9/h5-8H,1-4H2,(H,20,21)(H,18,19,23). The molecule has 0 aliphatic carbocycles. The van der Waals surface area contributed by atoms with Crippen LogP contribution in [0.1, 0.15) is 40.6 Å². The van der Waals surface area contributed by atoms with Crippen LogP contribution < -0.4 is 5.56 Å². The fourth-order valence-corrected chi connectivity index (χ4v) is 2.72. The number of rotatable bonds is 2. The summed E-state index contributed by atoms with van der Waals surface area (Å²) >= 11 is 0. The van der Waals surface area contributed by atoms with Gasteiger partial charge in [-0.1, -0.05) is 0 Å². The number of likely N-dealkylation sites (tertiary alicyclic amines) is 1. The predicted octanol–water partition coefficient (Wildman–Crippen LogP) is 1.53. The smallest absolute Gasteiger partial charge is 0.337 e. The highest BCUT2D eigenvalue weighted by Gasteiger charge is 2.35. The van der Waals surface area contributed by atoms with E-state index < -0.39 is 17.8 Å². The highest BCUT2D eigenvalue weighted by Crippen LogP contribution is 2.29. The topological polar surface area (TPSA) is 94.7 Å². The molecule has 2 aromatic heterocycles. The molecule has 0 unspecified atom stereocenters. The first-order valence-corrected chi connectivity index (χ1v) is 7.31. The van der Waals surface area contributed by atoms with Gasteiger partial charge in [0.25, 0.3) is 11.5 Å². The van der Waals surface area contributed by atoms with Gasteiger partial charge in [-0.3, -0.25) is 14.7 Å². The summed E-state index contributed by atoms with van der Waals surface area (Å²) < 4.78 is 37.6. The second-order valence-corrected chi connectivity index (χ2v) is 5.57. The molecule has 0 atom stereocenters. The molecular formula is C14H14F3N5O2. The van der Waals surface area contributed by atoms with Gasteiger partial charge in [0, 0.05) is 31.1 Å². The summed E-state index contributed by atoms with van der Waals surface area (Å²) in [6.07, 6.45) is -2.07. The fourth-order valence-electron chi connectivity index (χ4n) is 2.72. The molecule has 2 aromatic rings. The number of hydrogen-bond donors (Lipinski definition) is 2. The van der Waals surface area contributed by atoms with E-state index in [1.54, 1.807) is 0 Å². The number of alkyl halides is 3. The van der Waals surface area contributed by atoms with E-state index in [0.717, 1.165) is 0 Å². The minimum absolute atomic E-state index is 0.0428. The monoisotopic (exact) mass is 341 g/mol. The summed E-state index contributed by atoms with van der Waals surface area (Å²) in [5.41, 5.74) is -0.886. The number of nitrogens with one attached hydrogen (secondary N) is 2. The van der Waals surface area contributed by atoms with E-state index in [-0.39, 0.29) is 17.2 Å². The van der Waals surface area contributed by atoms with E-state index in [4.69, 9.17) is 0 Å². The number of H-pyrrole nitrogens is 2. The summed E-state index contributed by atoms with van der Waals surface area (Å²) in [6, 6.07) is 2.14. The zero-order chi connectivity index (χ0) is 17.3. The molecule has 0 aromatic carbocycles. The maximum absolute atomic E-state index is 12.5. The quantitative estimate of drug-likeness (QED) is 0.866. The Morgan fingerprint density at radius 1 is 1.25 bits per heavy atom. The number of hydrogen-bond acceptors (Lipinski definition) is 4. The second kappa shape index (κ2) is 6.10. The zero-order valence-electron chi connectivity index (χ0n) is 12.4. The molecule has 0 bridgehead atoms. The van der Waals surface area contributed by atoms with E-state index in [9.17, 15) is 22.8 Å². The van der Waals surface area contributed by atoms with Gasteiger partial charge in [-0.15, -0.1) is 0 Å². The molecule has 1 aliphatic rings. The first-order chi connectivity index (χ1) is 11.3. The molecule has 1 fully saturated rings. The van der Waals surface area contributed by atoms with E-state index in [1.165, 1.54) is 17.3 Å². The van der Waals surface area contributed by atoms with Crippen molar-refractivity contribution in [2.75, 3.05) is 13.1 Å². The Bertz CT molecular complexity index is 790. The van der Waals surface area contributed by atoms with Gasteiger partial charge in [0.15, 0.2) is 5.69 Å². The van der Waals surface area contributed by atoms with Crippen molar-refractivity contribution < 1.29 is 18.0 Å². The lowest BCUT2D eigenvalue weighted by Gasteiger charge is -2.31. The third-order valence-corrected chi connectivity index (χ3v) is 4.00. The van der Waals surface area contributed by atoms with Crippen LogP contribution in [0.15, 0.2) is 23.3 Å². The number of piperidine rings is 1. The van der Waals surface area contributed by atoms with Gasteiger partial charge in [0.05, 0.1) is 12.0 Å². The Kier molecular flexibility index (Phi) is 4.12. The molecule has 128 valence electrons. The van der Waals surface area contributed by atoms with Crippen LogP contribution >= 0.6 is 0 Å². The van der Waals surface area contributed by atoms with Crippen molar-refractivity contribution >= 4 is 5.91 Å². The van der Waals surface area contributed by atoms with Gasteiger partial charge in [-0.2, -0.15) is 18.3 Å². The molecule has 1 aliphatic heterocycles. The van der Waals surface area contributed by atoms with Crippen LogP contribution in [0.25, 0.3) is 0 Å². The zero-order valence-corrected chi connectivity index (χ0v) is 12.4.